The van der Waals surface area contributed by atoms with Crippen LogP contribution in [0.4, 0.5) is 5.69 Å². The van der Waals surface area contributed by atoms with Crippen LogP contribution < -0.4 is 5.32 Å². The molecule has 0 aliphatic rings. The minimum atomic E-state index is -0.0514. The Labute approximate surface area is 115 Å². The van der Waals surface area contributed by atoms with E-state index in [1.54, 1.807) is 24.3 Å². The van der Waals surface area contributed by atoms with Crippen LogP contribution in [0.15, 0.2) is 24.3 Å². The van der Waals surface area contributed by atoms with Gasteiger partial charge in [0.1, 0.15) is 0 Å². The number of likely N-dealkylation sites (N-methyl/N-ethyl adjacent to an activating group) is 1. The molecule has 0 saturated heterocycles. The number of benzene rings is 1. The van der Waals surface area contributed by atoms with Crippen molar-refractivity contribution < 1.29 is 4.79 Å². The lowest BCUT2D eigenvalue weighted by Crippen LogP contribution is -2.37. The maximum absolute atomic E-state index is 11.9. The number of hydrogen-bond donors (Lipinski definition) is 1. The number of carbonyl (C=O) groups is 1. The second-order valence-corrected chi connectivity index (χ2v) is 4.63. The molecule has 0 aliphatic heterocycles. The predicted molar refractivity (Wildman–Crippen MR) is 76.8 cm³/mol. The minimum Gasteiger partial charge on any atom is -0.325 e. The van der Waals surface area contributed by atoms with Crippen molar-refractivity contribution in [3.63, 3.8) is 0 Å². The summed E-state index contributed by atoms with van der Waals surface area (Å²) in [5, 5.41) is 11.6. The molecule has 0 aliphatic carbocycles. The summed E-state index contributed by atoms with van der Waals surface area (Å²) < 4.78 is 0. The maximum Gasteiger partial charge on any atom is 0.238 e. The van der Waals surface area contributed by atoms with Gasteiger partial charge in [0, 0.05) is 11.7 Å². The number of anilines is 1. The molecule has 1 aromatic rings. The van der Waals surface area contributed by atoms with Gasteiger partial charge in [-0.25, -0.2) is 0 Å². The quantitative estimate of drug-likeness (QED) is 0.854. The molecule has 4 heteroatoms. The Hall–Kier alpha value is -1.86. The zero-order valence-electron chi connectivity index (χ0n) is 11.8. The van der Waals surface area contributed by atoms with E-state index in [9.17, 15) is 4.79 Å². The number of rotatable bonds is 6. The molecule has 102 valence electrons. The van der Waals surface area contributed by atoms with E-state index in [0.717, 1.165) is 12.8 Å². The van der Waals surface area contributed by atoms with Gasteiger partial charge in [0.25, 0.3) is 0 Å². The fraction of sp³-hybridized carbons (Fsp3) is 0.467. The zero-order valence-corrected chi connectivity index (χ0v) is 11.8. The third-order valence-electron chi connectivity index (χ3n) is 3.23. The van der Waals surface area contributed by atoms with Crippen molar-refractivity contribution in [2.45, 2.75) is 32.7 Å². The number of hydrogen-bond acceptors (Lipinski definition) is 3. The normalized spacial score (nSPS) is 10.5. The summed E-state index contributed by atoms with van der Waals surface area (Å²) in [4.78, 5) is 14.0. The Balaban J connectivity index is 2.58. The molecule has 0 unspecified atom stereocenters. The molecule has 19 heavy (non-hydrogen) atoms. The summed E-state index contributed by atoms with van der Waals surface area (Å²) in [6, 6.07) is 9.42. The van der Waals surface area contributed by atoms with Gasteiger partial charge in [0.2, 0.25) is 5.91 Å². The van der Waals surface area contributed by atoms with Crippen LogP contribution in [0.1, 0.15) is 32.3 Å². The average molecular weight is 259 g/mol. The van der Waals surface area contributed by atoms with Crippen LogP contribution in [0.25, 0.3) is 0 Å². The topological polar surface area (TPSA) is 56.1 Å². The van der Waals surface area contributed by atoms with Gasteiger partial charge in [-0.1, -0.05) is 19.9 Å². The van der Waals surface area contributed by atoms with Crippen LogP contribution in [-0.4, -0.2) is 30.4 Å². The molecule has 0 spiro atoms. The smallest absolute Gasteiger partial charge is 0.238 e. The molecule has 0 aromatic heterocycles. The van der Waals surface area contributed by atoms with E-state index in [1.807, 2.05) is 7.05 Å². The summed E-state index contributed by atoms with van der Waals surface area (Å²) in [7, 11) is 1.96. The molecule has 1 N–H and O–H groups in total. The second-order valence-electron chi connectivity index (χ2n) is 4.63. The van der Waals surface area contributed by atoms with Crippen molar-refractivity contribution in [3.8, 4) is 6.07 Å². The SMILES string of the molecule is CCC(CC)N(C)CC(=O)Nc1cccc(C#N)c1. The minimum absolute atomic E-state index is 0.0514. The third kappa shape index (κ3) is 4.72. The summed E-state index contributed by atoms with van der Waals surface area (Å²) in [6.45, 7) is 4.61. The highest BCUT2D eigenvalue weighted by Crippen LogP contribution is 2.10. The highest BCUT2D eigenvalue weighted by molar-refractivity contribution is 5.92. The Kier molecular flexibility index (Phi) is 6.04. The first-order valence-electron chi connectivity index (χ1n) is 6.61. The fourth-order valence-corrected chi connectivity index (χ4v) is 2.13. The predicted octanol–water partition coefficient (Wildman–Crippen LogP) is 2.62. The average Bonchev–Trinajstić information content (AvgIpc) is 2.40. The number of carbonyl (C=O) groups excluding carboxylic acids is 1. The standard InChI is InChI=1S/C15H21N3O/c1-4-14(5-2)18(3)11-15(19)17-13-8-6-7-12(9-13)10-16/h6-9,14H,4-5,11H2,1-3H3,(H,17,19). The van der Waals surface area contributed by atoms with E-state index in [1.165, 1.54) is 0 Å². The highest BCUT2D eigenvalue weighted by Gasteiger charge is 2.14. The molecule has 0 atom stereocenters. The van der Waals surface area contributed by atoms with E-state index in [0.29, 0.717) is 23.8 Å². The summed E-state index contributed by atoms with van der Waals surface area (Å²) >= 11 is 0. The molecule has 4 nitrogen and oxygen atoms in total. The van der Waals surface area contributed by atoms with E-state index in [-0.39, 0.29) is 5.91 Å². The van der Waals surface area contributed by atoms with Gasteiger partial charge in [-0.15, -0.1) is 0 Å². The summed E-state index contributed by atoms with van der Waals surface area (Å²) in [6.07, 6.45) is 2.06. The lowest BCUT2D eigenvalue weighted by atomic mass is 10.1. The van der Waals surface area contributed by atoms with Crippen molar-refractivity contribution >= 4 is 11.6 Å². The molecule has 0 heterocycles. The number of nitrogens with one attached hydrogen (secondary N) is 1. The van der Waals surface area contributed by atoms with E-state index in [2.05, 4.69) is 30.1 Å². The van der Waals surface area contributed by atoms with Crippen molar-refractivity contribution in [2.24, 2.45) is 0 Å². The highest BCUT2D eigenvalue weighted by atomic mass is 16.2. The Morgan fingerprint density at radius 1 is 1.42 bits per heavy atom. The van der Waals surface area contributed by atoms with Crippen LogP contribution in [0.3, 0.4) is 0 Å². The van der Waals surface area contributed by atoms with E-state index in [4.69, 9.17) is 5.26 Å². The summed E-state index contributed by atoms with van der Waals surface area (Å²) in [5.74, 6) is -0.0514. The van der Waals surface area contributed by atoms with Crippen molar-refractivity contribution in [1.82, 2.24) is 4.90 Å². The van der Waals surface area contributed by atoms with Crippen molar-refractivity contribution in [2.75, 3.05) is 18.9 Å². The van der Waals surface area contributed by atoms with Gasteiger partial charge in [-0.2, -0.15) is 5.26 Å². The van der Waals surface area contributed by atoms with Gasteiger partial charge >= 0.3 is 0 Å². The Morgan fingerprint density at radius 3 is 2.68 bits per heavy atom. The van der Waals surface area contributed by atoms with Gasteiger partial charge in [0.15, 0.2) is 0 Å². The van der Waals surface area contributed by atoms with Crippen molar-refractivity contribution in [1.29, 1.82) is 5.26 Å². The van der Waals surface area contributed by atoms with Crippen LogP contribution in [0.2, 0.25) is 0 Å². The van der Waals surface area contributed by atoms with E-state index < -0.39 is 0 Å². The monoisotopic (exact) mass is 259 g/mol. The molecule has 1 rings (SSSR count). The zero-order chi connectivity index (χ0) is 14.3. The molecular formula is C15H21N3O. The van der Waals surface area contributed by atoms with Crippen molar-refractivity contribution in [3.05, 3.63) is 29.8 Å². The van der Waals surface area contributed by atoms with Gasteiger partial charge in [-0.05, 0) is 38.1 Å². The van der Waals surface area contributed by atoms with E-state index >= 15 is 0 Å². The first-order chi connectivity index (χ1) is 9.10. The van der Waals surface area contributed by atoms with Gasteiger partial charge in [0.05, 0.1) is 18.2 Å². The molecule has 1 amide bonds. The van der Waals surface area contributed by atoms with Crippen LogP contribution in [-0.2, 0) is 4.79 Å². The number of nitriles is 1. The molecule has 0 radical (unpaired) electrons. The molecule has 0 fully saturated rings. The van der Waals surface area contributed by atoms with Gasteiger partial charge in [-0.3, -0.25) is 9.69 Å². The molecule has 1 aromatic carbocycles. The molecule has 0 saturated carbocycles. The fourth-order valence-electron chi connectivity index (χ4n) is 2.13. The Morgan fingerprint density at radius 2 is 2.11 bits per heavy atom. The number of nitrogens with zero attached hydrogens (tertiary/aromatic N) is 2. The maximum atomic E-state index is 11.9. The lowest BCUT2D eigenvalue weighted by Gasteiger charge is -2.25. The van der Waals surface area contributed by atoms with Gasteiger partial charge < -0.3 is 5.32 Å². The third-order valence-corrected chi connectivity index (χ3v) is 3.23. The number of amides is 1. The molecule has 0 bridgehead atoms. The Bertz CT molecular complexity index is 461. The van der Waals surface area contributed by atoms with Crippen LogP contribution >= 0.6 is 0 Å². The largest absolute Gasteiger partial charge is 0.325 e. The molecular weight excluding hydrogens is 238 g/mol. The first kappa shape index (κ1) is 15.2. The summed E-state index contributed by atoms with van der Waals surface area (Å²) in [5.41, 5.74) is 1.22. The second kappa shape index (κ2) is 7.55. The first-order valence-corrected chi connectivity index (χ1v) is 6.61. The van der Waals surface area contributed by atoms with Crippen LogP contribution in [0, 0.1) is 11.3 Å². The lowest BCUT2D eigenvalue weighted by molar-refractivity contribution is -0.117. The van der Waals surface area contributed by atoms with Crippen LogP contribution in [0.5, 0.6) is 0 Å².